The van der Waals surface area contributed by atoms with Gasteiger partial charge >= 0.3 is 0 Å². The van der Waals surface area contributed by atoms with Gasteiger partial charge in [-0.05, 0) is 24.6 Å². The van der Waals surface area contributed by atoms with Crippen molar-refractivity contribution in [3.05, 3.63) is 48.2 Å². The molecule has 0 spiro atoms. The van der Waals surface area contributed by atoms with E-state index in [1.54, 1.807) is 0 Å². The maximum absolute atomic E-state index is 3.47. The second-order valence-corrected chi connectivity index (χ2v) is 4.15. The van der Waals surface area contributed by atoms with E-state index in [-0.39, 0.29) is 0 Å². The van der Waals surface area contributed by atoms with E-state index < -0.39 is 0 Å². The molecule has 0 amide bonds. The van der Waals surface area contributed by atoms with Gasteiger partial charge in [0.25, 0.3) is 0 Å². The van der Waals surface area contributed by atoms with Gasteiger partial charge in [0.05, 0.1) is 0 Å². The molecular formula is C13H14N2. The van der Waals surface area contributed by atoms with Crippen LogP contribution >= 0.6 is 0 Å². The topological polar surface area (TPSA) is 17.0 Å². The third kappa shape index (κ3) is 1.42. The molecule has 3 rings (SSSR count). The van der Waals surface area contributed by atoms with Gasteiger partial charge in [0, 0.05) is 24.4 Å². The molecule has 1 unspecified atom stereocenters. The molecule has 2 heteroatoms. The smallest absolute Gasteiger partial charge is 0.110 e. The molecule has 0 saturated heterocycles. The van der Waals surface area contributed by atoms with Crippen molar-refractivity contribution >= 4 is 11.5 Å². The fraction of sp³-hybridized carbons (Fsp3) is 0.231. The molecule has 76 valence electrons. The van der Waals surface area contributed by atoms with Crippen molar-refractivity contribution in [2.45, 2.75) is 6.92 Å². The highest BCUT2D eigenvalue weighted by atomic mass is 15.1. The number of nitrogens with zero attached hydrogens (tertiary/aromatic N) is 1. The Morgan fingerprint density at radius 2 is 2.33 bits per heavy atom. The minimum atomic E-state index is 0.496. The van der Waals surface area contributed by atoms with Gasteiger partial charge in [0.2, 0.25) is 0 Å². The van der Waals surface area contributed by atoms with Crippen molar-refractivity contribution in [2.75, 3.05) is 11.9 Å². The van der Waals surface area contributed by atoms with E-state index in [1.807, 2.05) is 0 Å². The monoisotopic (exact) mass is 198 g/mol. The third-order valence-electron chi connectivity index (χ3n) is 2.87. The first-order valence-corrected chi connectivity index (χ1v) is 5.33. The van der Waals surface area contributed by atoms with E-state index in [0.717, 1.165) is 6.54 Å². The Kier molecular flexibility index (Phi) is 1.81. The Labute approximate surface area is 89.6 Å². The number of nitrogens with one attached hydrogen (secondary N) is 1. The molecule has 1 aromatic heterocycles. The van der Waals surface area contributed by atoms with Crippen molar-refractivity contribution in [3.63, 3.8) is 0 Å². The predicted octanol–water partition coefficient (Wildman–Crippen LogP) is 2.81. The minimum Gasteiger partial charge on any atom is -0.370 e. The van der Waals surface area contributed by atoms with Crippen LogP contribution in [0.1, 0.15) is 5.56 Å². The normalized spacial score (nSPS) is 22.5. The zero-order chi connectivity index (χ0) is 10.3. The van der Waals surface area contributed by atoms with Gasteiger partial charge in [-0.3, -0.25) is 0 Å². The van der Waals surface area contributed by atoms with Gasteiger partial charge in [-0.1, -0.05) is 24.3 Å². The minimum absolute atomic E-state index is 0.496. The van der Waals surface area contributed by atoms with Crippen LogP contribution in [0.25, 0.3) is 5.70 Å². The molecule has 1 N–H and O–H groups in total. The van der Waals surface area contributed by atoms with Gasteiger partial charge in [0.1, 0.15) is 5.82 Å². The first kappa shape index (κ1) is 8.60. The molecule has 2 nitrogen and oxygen atoms in total. The van der Waals surface area contributed by atoms with Crippen LogP contribution in [0.4, 0.5) is 5.82 Å². The number of fused-ring (bicyclic) bond motifs is 3. The average Bonchev–Trinajstić information content (AvgIpc) is 2.41. The van der Waals surface area contributed by atoms with Crippen LogP contribution in [0, 0.1) is 12.8 Å². The summed E-state index contributed by atoms with van der Waals surface area (Å²) in [5, 5.41) is 3.47. The van der Waals surface area contributed by atoms with Crippen LogP contribution in [0.5, 0.6) is 0 Å². The summed E-state index contributed by atoms with van der Waals surface area (Å²) in [6.07, 6.45) is 13.1. The van der Waals surface area contributed by atoms with Crippen LogP contribution < -0.4 is 5.32 Å². The molecule has 0 fully saturated rings. The van der Waals surface area contributed by atoms with E-state index in [9.17, 15) is 0 Å². The molecule has 2 aliphatic rings. The van der Waals surface area contributed by atoms with Gasteiger partial charge < -0.3 is 9.88 Å². The Morgan fingerprint density at radius 3 is 3.27 bits per heavy atom. The summed E-state index contributed by atoms with van der Waals surface area (Å²) in [6.45, 7) is 3.10. The Morgan fingerprint density at radius 1 is 1.40 bits per heavy atom. The Hall–Kier alpha value is -1.70. The molecule has 0 aromatic carbocycles. The van der Waals surface area contributed by atoms with Crippen molar-refractivity contribution in [2.24, 2.45) is 5.92 Å². The van der Waals surface area contributed by atoms with E-state index in [4.69, 9.17) is 0 Å². The highest BCUT2D eigenvalue weighted by Gasteiger charge is 2.14. The largest absolute Gasteiger partial charge is 0.370 e. The molecular weight excluding hydrogens is 184 g/mol. The summed E-state index contributed by atoms with van der Waals surface area (Å²) in [7, 11) is 0. The highest BCUT2D eigenvalue weighted by Crippen LogP contribution is 2.26. The van der Waals surface area contributed by atoms with Crippen LogP contribution in [0.2, 0.25) is 0 Å². The van der Waals surface area contributed by atoms with Crippen molar-refractivity contribution in [1.29, 1.82) is 0 Å². The lowest BCUT2D eigenvalue weighted by Gasteiger charge is -2.08. The maximum atomic E-state index is 3.47. The molecule has 1 aliphatic carbocycles. The Bertz CT molecular complexity index is 475. The second-order valence-electron chi connectivity index (χ2n) is 4.15. The zero-order valence-electron chi connectivity index (χ0n) is 8.77. The molecule has 2 heterocycles. The van der Waals surface area contributed by atoms with Gasteiger partial charge in [0.15, 0.2) is 0 Å². The number of rotatable bonds is 0. The molecule has 1 aliphatic heterocycles. The van der Waals surface area contributed by atoms with Gasteiger partial charge in [-0.15, -0.1) is 0 Å². The molecule has 0 saturated carbocycles. The number of hydrogen-bond acceptors (Lipinski definition) is 1. The summed E-state index contributed by atoms with van der Waals surface area (Å²) in [5.74, 6) is 1.69. The van der Waals surface area contributed by atoms with E-state index in [2.05, 4.69) is 59.5 Å². The summed E-state index contributed by atoms with van der Waals surface area (Å²) in [5.41, 5.74) is 2.56. The number of aryl methyl sites for hydroxylation is 1. The highest BCUT2D eigenvalue weighted by molar-refractivity contribution is 5.67. The van der Waals surface area contributed by atoms with Crippen LogP contribution in [0.15, 0.2) is 42.6 Å². The molecule has 1 atom stereocenters. The van der Waals surface area contributed by atoms with E-state index in [1.165, 1.54) is 17.1 Å². The van der Waals surface area contributed by atoms with Crippen LogP contribution in [-0.4, -0.2) is 11.1 Å². The molecule has 15 heavy (non-hydrogen) atoms. The average molecular weight is 198 g/mol. The standard InChI is InChI=1S/C13H14N2/c1-10-6-13-14-8-11-4-2-3-5-12(7-11)15(13)9-10/h2-7,9,11,14H,8H2,1H3. The SMILES string of the molecule is Cc1cc2n(c1)C1=CC(C=CC=C1)CN2. The number of hydrogen-bond donors (Lipinski definition) is 1. The maximum Gasteiger partial charge on any atom is 0.110 e. The van der Waals surface area contributed by atoms with Crippen molar-refractivity contribution in [3.8, 4) is 0 Å². The summed E-state index contributed by atoms with van der Waals surface area (Å²) in [4.78, 5) is 0. The van der Waals surface area contributed by atoms with Gasteiger partial charge in [-0.2, -0.15) is 0 Å². The Balaban J connectivity index is 2.15. The summed E-state index contributed by atoms with van der Waals surface area (Å²) < 4.78 is 2.22. The quantitative estimate of drug-likeness (QED) is 0.678. The summed E-state index contributed by atoms with van der Waals surface area (Å²) >= 11 is 0. The zero-order valence-corrected chi connectivity index (χ0v) is 8.77. The molecule has 0 radical (unpaired) electrons. The van der Waals surface area contributed by atoms with E-state index in [0.29, 0.717) is 5.92 Å². The number of allylic oxidation sites excluding steroid dienone is 4. The lowest BCUT2D eigenvalue weighted by atomic mass is 10.1. The van der Waals surface area contributed by atoms with Gasteiger partial charge in [-0.25, -0.2) is 0 Å². The fourth-order valence-corrected chi connectivity index (χ4v) is 2.15. The van der Waals surface area contributed by atoms with Crippen molar-refractivity contribution < 1.29 is 0 Å². The van der Waals surface area contributed by atoms with E-state index >= 15 is 0 Å². The first-order chi connectivity index (χ1) is 7.33. The first-order valence-electron chi connectivity index (χ1n) is 5.33. The lowest BCUT2D eigenvalue weighted by Crippen LogP contribution is -2.09. The second kappa shape index (κ2) is 3.16. The number of anilines is 1. The predicted molar refractivity (Wildman–Crippen MR) is 63.7 cm³/mol. The van der Waals surface area contributed by atoms with Crippen LogP contribution in [0.3, 0.4) is 0 Å². The lowest BCUT2D eigenvalue weighted by molar-refractivity contribution is 0.867. The molecule has 1 aromatic rings. The molecule has 2 bridgehead atoms. The van der Waals surface area contributed by atoms with Crippen LogP contribution in [-0.2, 0) is 0 Å². The third-order valence-corrected chi connectivity index (χ3v) is 2.87. The number of aromatic nitrogens is 1. The summed E-state index contributed by atoms with van der Waals surface area (Å²) in [6, 6.07) is 2.19. The fourth-order valence-electron chi connectivity index (χ4n) is 2.15. The van der Waals surface area contributed by atoms with Crippen molar-refractivity contribution in [1.82, 2.24) is 4.57 Å².